The van der Waals surface area contributed by atoms with Gasteiger partial charge in [-0.25, -0.2) is 0 Å². The van der Waals surface area contributed by atoms with Crippen LogP contribution in [0.1, 0.15) is 38.5 Å². The van der Waals surface area contributed by atoms with Crippen LogP contribution in [0.3, 0.4) is 0 Å². The summed E-state index contributed by atoms with van der Waals surface area (Å²) in [5, 5.41) is 0. The van der Waals surface area contributed by atoms with E-state index in [-0.39, 0.29) is 23.8 Å². The van der Waals surface area contributed by atoms with Gasteiger partial charge in [-0.15, -0.1) is 11.8 Å². The Labute approximate surface area is 125 Å². The third kappa shape index (κ3) is 2.69. The highest BCUT2D eigenvalue weighted by Crippen LogP contribution is 2.33. The van der Waals surface area contributed by atoms with Crippen LogP contribution in [-0.4, -0.2) is 52.9 Å². The van der Waals surface area contributed by atoms with E-state index in [1.54, 1.807) is 11.8 Å². The SMILES string of the molecule is CN(CC1CCC1)C(=O)[C@@H]1CSCN1C(=O)C1CCC1. The molecule has 0 unspecified atom stereocenters. The van der Waals surface area contributed by atoms with Crippen molar-refractivity contribution in [3.8, 4) is 0 Å². The number of carbonyl (C=O) groups is 2. The van der Waals surface area contributed by atoms with Gasteiger partial charge in [-0.2, -0.15) is 0 Å². The van der Waals surface area contributed by atoms with E-state index in [0.717, 1.165) is 31.6 Å². The fourth-order valence-corrected chi connectivity index (χ4v) is 4.32. The summed E-state index contributed by atoms with van der Waals surface area (Å²) in [7, 11) is 1.90. The van der Waals surface area contributed by atoms with Gasteiger partial charge < -0.3 is 9.80 Å². The second-order valence-corrected chi connectivity index (χ2v) is 7.47. The van der Waals surface area contributed by atoms with Crippen molar-refractivity contribution >= 4 is 23.6 Å². The minimum atomic E-state index is -0.210. The second-order valence-electron chi connectivity index (χ2n) is 6.47. The number of rotatable bonds is 4. The van der Waals surface area contributed by atoms with Crippen molar-refractivity contribution in [2.24, 2.45) is 11.8 Å². The molecule has 0 radical (unpaired) electrons. The highest BCUT2D eigenvalue weighted by molar-refractivity contribution is 7.99. The molecule has 112 valence electrons. The van der Waals surface area contributed by atoms with Gasteiger partial charge in [-0.05, 0) is 31.6 Å². The molecule has 1 heterocycles. The highest BCUT2D eigenvalue weighted by Gasteiger charge is 2.40. The van der Waals surface area contributed by atoms with Gasteiger partial charge in [-0.1, -0.05) is 12.8 Å². The van der Waals surface area contributed by atoms with Crippen LogP contribution in [0.4, 0.5) is 0 Å². The molecule has 2 saturated carbocycles. The van der Waals surface area contributed by atoms with Gasteiger partial charge in [0, 0.05) is 25.3 Å². The Hall–Kier alpha value is -0.710. The lowest BCUT2D eigenvalue weighted by molar-refractivity contribution is -0.146. The molecule has 1 saturated heterocycles. The van der Waals surface area contributed by atoms with Gasteiger partial charge in [0.05, 0.1) is 5.88 Å². The Kier molecular flexibility index (Phi) is 4.24. The van der Waals surface area contributed by atoms with Gasteiger partial charge in [0.15, 0.2) is 0 Å². The number of hydrogen-bond donors (Lipinski definition) is 0. The molecule has 3 rings (SSSR count). The van der Waals surface area contributed by atoms with E-state index in [0.29, 0.717) is 11.8 Å². The molecule has 0 spiro atoms. The zero-order valence-corrected chi connectivity index (χ0v) is 13.0. The zero-order valence-electron chi connectivity index (χ0n) is 12.2. The fraction of sp³-hybridized carbons (Fsp3) is 0.867. The lowest BCUT2D eigenvalue weighted by atomic mass is 9.84. The number of thioether (sulfide) groups is 1. The van der Waals surface area contributed by atoms with Crippen molar-refractivity contribution in [2.75, 3.05) is 25.2 Å². The van der Waals surface area contributed by atoms with Crippen LogP contribution in [0.2, 0.25) is 0 Å². The smallest absolute Gasteiger partial charge is 0.246 e. The summed E-state index contributed by atoms with van der Waals surface area (Å²) in [6.45, 7) is 0.867. The van der Waals surface area contributed by atoms with E-state index in [1.165, 1.54) is 19.3 Å². The van der Waals surface area contributed by atoms with Gasteiger partial charge in [0.25, 0.3) is 0 Å². The predicted molar refractivity (Wildman–Crippen MR) is 80.3 cm³/mol. The molecule has 0 aromatic rings. The Morgan fingerprint density at radius 2 is 1.90 bits per heavy atom. The molecule has 0 bridgehead atoms. The average Bonchev–Trinajstić information content (AvgIpc) is 2.79. The van der Waals surface area contributed by atoms with E-state index in [1.807, 2.05) is 16.8 Å². The lowest BCUT2D eigenvalue weighted by Crippen LogP contribution is -2.51. The maximum absolute atomic E-state index is 12.6. The Morgan fingerprint density at radius 1 is 1.20 bits per heavy atom. The quantitative estimate of drug-likeness (QED) is 0.796. The molecule has 3 aliphatic rings. The third-order valence-electron chi connectivity index (χ3n) is 5.04. The Morgan fingerprint density at radius 3 is 2.45 bits per heavy atom. The first kappa shape index (κ1) is 14.2. The molecule has 1 aliphatic heterocycles. The number of hydrogen-bond acceptors (Lipinski definition) is 3. The second kappa shape index (κ2) is 5.96. The average molecular weight is 296 g/mol. The molecular formula is C15H24N2O2S. The summed E-state index contributed by atoms with van der Waals surface area (Å²) in [6.07, 6.45) is 7.00. The largest absolute Gasteiger partial charge is 0.344 e. The van der Waals surface area contributed by atoms with Crippen molar-refractivity contribution in [3.63, 3.8) is 0 Å². The fourth-order valence-electron chi connectivity index (χ4n) is 3.16. The summed E-state index contributed by atoms with van der Waals surface area (Å²) in [4.78, 5) is 28.7. The lowest BCUT2D eigenvalue weighted by Gasteiger charge is -2.35. The van der Waals surface area contributed by atoms with Crippen molar-refractivity contribution in [1.82, 2.24) is 9.80 Å². The highest BCUT2D eigenvalue weighted by atomic mass is 32.2. The Balaban J connectivity index is 1.58. The van der Waals surface area contributed by atoms with Crippen LogP contribution < -0.4 is 0 Å². The maximum Gasteiger partial charge on any atom is 0.246 e. The molecule has 20 heavy (non-hydrogen) atoms. The first-order valence-corrected chi connectivity index (χ1v) is 8.95. The number of nitrogens with zero attached hydrogens (tertiary/aromatic N) is 2. The minimum absolute atomic E-state index is 0.148. The van der Waals surface area contributed by atoms with Crippen LogP contribution in [0.25, 0.3) is 0 Å². The minimum Gasteiger partial charge on any atom is -0.344 e. The van der Waals surface area contributed by atoms with Crippen LogP contribution in [0.5, 0.6) is 0 Å². The van der Waals surface area contributed by atoms with Crippen LogP contribution in [0, 0.1) is 11.8 Å². The summed E-state index contributed by atoms with van der Waals surface area (Å²) in [5.74, 6) is 2.72. The van der Waals surface area contributed by atoms with E-state index < -0.39 is 0 Å². The van der Waals surface area contributed by atoms with Crippen molar-refractivity contribution in [3.05, 3.63) is 0 Å². The first-order valence-electron chi connectivity index (χ1n) is 7.80. The number of likely N-dealkylation sites (N-methyl/N-ethyl adjacent to an activating group) is 1. The molecular weight excluding hydrogens is 272 g/mol. The predicted octanol–water partition coefficient (Wildman–Crippen LogP) is 1.95. The first-order chi connectivity index (χ1) is 9.66. The molecule has 0 N–H and O–H groups in total. The summed E-state index contributed by atoms with van der Waals surface area (Å²) in [6, 6.07) is -0.210. The normalized spacial score (nSPS) is 27.1. The third-order valence-corrected chi connectivity index (χ3v) is 6.05. The van der Waals surface area contributed by atoms with E-state index >= 15 is 0 Å². The van der Waals surface area contributed by atoms with Crippen LogP contribution in [0.15, 0.2) is 0 Å². The van der Waals surface area contributed by atoms with E-state index in [4.69, 9.17) is 0 Å². The molecule has 2 amide bonds. The van der Waals surface area contributed by atoms with Crippen molar-refractivity contribution in [2.45, 2.75) is 44.6 Å². The van der Waals surface area contributed by atoms with Gasteiger partial charge in [0.1, 0.15) is 6.04 Å². The molecule has 4 nitrogen and oxygen atoms in total. The number of carbonyl (C=O) groups excluding carboxylic acids is 2. The summed E-state index contributed by atoms with van der Waals surface area (Å²) < 4.78 is 0. The van der Waals surface area contributed by atoms with Crippen LogP contribution in [-0.2, 0) is 9.59 Å². The van der Waals surface area contributed by atoms with Gasteiger partial charge >= 0.3 is 0 Å². The Bertz CT molecular complexity index is 393. The van der Waals surface area contributed by atoms with Gasteiger partial charge in [0.2, 0.25) is 11.8 Å². The van der Waals surface area contributed by atoms with Crippen molar-refractivity contribution in [1.29, 1.82) is 0 Å². The summed E-state index contributed by atoms with van der Waals surface area (Å²) in [5.41, 5.74) is 0. The maximum atomic E-state index is 12.6. The molecule has 0 aromatic heterocycles. The monoisotopic (exact) mass is 296 g/mol. The number of amides is 2. The molecule has 3 fully saturated rings. The zero-order chi connectivity index (χ0) is 14.1. The van der Waals surface area contributed by atoms with Crippen molar-refractivity contribution < 1.29 is 9.59 Å². The van der Waals surface area contributed by atoms with E-state index in [2.05, 4.69) is 0 Å². The topological polar surface area (TPSA) is 40.6 Å². The molecule has 2 aliphatic carbocycles. The standard InChI is InChI=1S/C15H24N2O2S/c1-16(8-11-4-2-5-11)15(19)13-9-20-10-17(13)14(18)12-6-3-7-12/h11-13H,2-10H2,1H3/t13-/m0/s1. The van der Waals surface area contributed by atoms with Crippen LogP contribution >= 0.6 is 11.8 Å². The molecule has 5 heteroatoms. The molecule has 1 atom stereocenters. The van der Waals surface area contributed by atoms with E-state index in [9.17, 15) is 9.59 Å². The summed E-state index contributed by atoms with van der Waals surface area (Å²) >= 11 is 1.71. The van der Waals surface area contributed by atoms with Gasteiger partial charge in [-0.3, -0.25) is 9.59 Å². The molecule has 0 aromatic carbocycles.